The molecule has 1 atom stereocenters. The summed E-state index contributed by atoms with van der Waals surface area (Å²) in [6.07, 6.45) is 1.94. The van der Waals surface area contributed by atoms with E-state index in [-0.39, 0.29) is 11.9 Å². The van der Waals surface area contributed by atoms with Crippen LogP contribution >= 0.6 is 34.5 Å². The van der Waals surface area contributed by atoms with Crippen LogP contribution in [-0.4, -0.2) is 50.7 Å². The van der Waals surface area contributed by atoms with Gasteiger partial charge in [-0.2, -0.15) is 0 Å². The van der Waals surface area contributed by atoms with Crippen LogP contribution in [0.3, 0.4) is 0 Å². The predicted molar refractivity (Wildman–Crippen MR) is 119 cm³/mol. The monoisotopic (exact) mass is 446 g/mol. The Kier molecular flexibility index (Phi) is 8.68. The van der Waals surface area contributed by atoms with Gasteiger partial charge in [-0.1, -0.05) is 37.0 Å². The van der Waals surface area contributed by atoms with Crippen molar-refractivity contribution < 1.29 is 14.3 Å². The van der Waals surface area contributed by atoms with E-state index in [1.165, 1.54) is 25.6 Å². The van der Waals surface area contributed by atoms with Gasteiger partial charge < -0.3 is 19.7 Å². The third kappa shape index (κ3) is 5.03. The summed E-state index contributed by atoms with van der Waals surface area (Å²) in [6, 6.07) is 1.81. The van der Waals surface area contributed by atoms with Gasteiger partial charge in [0.25, 0.3) is 5.91 Å². The minimum absolute atomic E-state index is 0.0596. The molecule has 1 N–H and O–H groups in total. The van der Waals surface area contributed by atoms with Crippen LogP contribution in [0.15, 0.2) is 6.07 Å². The zero-order chi connectivity index (χ0) is 20.8. The third-order valence-corrected chi connectivity index (χ3v) is 6.69. The average Bonchev–Trinajstić information content (AvgIpc) is 3.00. The first-order valence-electron chi connectivity index (χ1n) is 9.43. The molecule has 0 saturated carbocycles. The van der Waals surface area contributed by atoms with Crippen molar-refractivity contribution in [1.82, 2.24) is 10.2 Å². The van der Waals surface area contributed by atoms with Gasteiger partial charge in [0.2, 0.25) is 0 Å². The van der Waals surface area contributed by atoms with Crippen molar-refractivity contribution in [2.24, 2.45) is 0 Å². The number of rotatable bonds is 10. The maximum absolute atomic E-state index is 12.8. The summed E-state index contributed by atoms with van der Waals surface area (Å²) in [5, 5.41) is 4.48. The van der Waals surface area contributed by atoms with Crippen LogP contribution in [0.1, 0.15) is 43.3 Å². The third-order valence-electron chi connectivity index (χ3n) is 4.78. The summed E-state index contributed by atoms with van der Waals surface area (Å²) in [4.78, 5) is 15.6. The van der Waals surface area contributed by atoms with Gasteiger partial charge in [0, 0.05) is 10.7 Å². The number of halogens is 2. The number of ether oxygens (including phenoxy) is 2. The van der Waals surface area contributed by atoms with Crippen molar-refractivity contribution in [3.05, 3.63) is 21.0 Å². The van der Waals surface area contributed by atoms with E-state index < -0.39 is 0 Å². The lowest BCUT2D eigenvalue weighted by atomic mass is 10.1. The van der Waals surface area contributed by atoms with Gasteiger partial charge in [-0.25, -0.2) is 0 Å². The van der Waals surface area contributed by atoms with E-state index in [0.717, 1.165) is 37.2 Å². The van der Waals surface area contributed by atoms with Crippen LogP contribution in [0.4, 0.5) is 0 Å². The molecule has 0 fully saturated rings. The van der Waals surface area contributed by atoms with Crippen molar-refractivity contribution >= 4 is 50.5 Å². The van der Waals surface area contributed by atoms with Crippen molar-refractivity contribution in [2.45, 2.75) is 39.7 Å². The maximum atomic E-state index is 12.8. The standard InChI is InChI=1S/C20H28Cl2N2O3S/c1-6-24(7-2)10-8-9-12(3)23-20(25)19-16(22)15-14(28-19)11-13(21)17(26-4)18(15)27-5/h11-12H,6-10H2,1-5H3,(H,23,25). The van der Waals surface area contributed by atoms with Gasteiger partial charge >= 0.3 is 0 Å². The molecule has 8 heteroatoms. The number of nitrogens with one attached hydrogen (secondary N) is 1. The number of carbonyl (C=O) groups is 1. The van der Waals surface area contributed by atoms with Crippen LogP contribution < -0.4 is 14.8 Å². The molecule has 0 spiro atoms. The summed E-state index contributed by atoms with van der Waals surface area (Å²) in [5.74, 6) is 0.671. The van der Waals surface area contributed by atoms with Crippen LogP contribution in [0, 0.1) is 0 Å². The molecule has 1 aromatic heterocycles. The molecule has 0 bridgehead atoms. The fourth-order valence-electron chi connectivity index (χ4n) is 3.20. The molecule has 2 aromatic rings. The van der Waals surface area contributed by atoms with E-state index in [9.17, 15) is 4.79 Å². The molecular weight excluding hydrogens is 419 g/mol. The van der Waals surface area contributed by atoms with Crippen LogP contribution in [0.2, 0.25) is 10.0 Å². The number of carbonyl (C=O) groups excluding carboxylic acids is 1. The molecule has 1 amide bonds. The van der Waals surface area contributed by atoms with E-state index in [2.05, 4.69) is 24.1 Å². The molecule has 0 saturated heterocycles. The zero-order valence-electron chi connectivity index (χ0n) is 17.0. The van der Waals surface area contributed by atoms with Gasteiger partial charge in [-0.3, -0.25) is 4.79 Å². The fraction of sp³-hybridized carbons (Fsp3) is 0.550. The molecule has 1 unspecified atom stereocenters. The molecule has 0 radical (unpaired) electrons. The summed E-state index contributed by atoms with van der Waals surface area (Å²) in [7, 11) is 3.04. The van der Waals surface area contributed by atoms with Gasteiger partial charge in [-0.05, 0) is 45.5 Å². The van der Waals surface area contributed by atoms with E-state index in [0.29, 0.717) is 31.8 Å². The molecule has 28 heavy (non-hydrogen) atoms. The Labute approximate surface area is 180 Å². The number of hydrogen-bond donors (Lipinski definition) is 1. The highest BCUT2D eigenvalue weighted by molar-refractivity contribution is 7.21. The molecule has 0 aliphatic rings. The first-order chi connectivity index (χ1) is 13.4. The molecule has 0 aliphatic carbocycles. The SMILES string of the molecule is CCN(CC)CCCC(C)NC(=O)c1sc2cc(Cl)c(OC)c(OC)c2c1Cl. The number of nitrogens with zero attached hydrogens (tertiary/aromatic N) is 1. The van der Waals surface area contributed by atoms with E-state index in [4.69, 9.17) is 32.7 Å². The largest absolute Gasteiger partial charge is 0.492 e. The lowest BCUT2D eigenvalue weighted by Gasteiger charge is -2.19. The summed E-state index contributed by atoms with van der Waals surface area (Å²) >= 11 is 14.1. The Hall–Kier alpha value is -1.21. The van der Waals surface area contributed by atoms with Crippen LogP contribution in [0.5, 0.6) is 11.5 Å². The van der Waals surface area contributed by atoms with Crippen molar-refractivity contribution in [3.8, 4) is 11.5 Å². The van der Waals surface area contributed by atoms with E-state index in [1.807, 2.05) is 6.92 Å². The summed E-state index contributed by atoms with van der Waals surface area (Å²) in [6.45, 7) is 9.46. The number of thiophene rings is 1. The minimum Gasteiger partial charge on any atom is -0.492 e. The Bertz CT molecular complexity index is 822. The molecule has 1 heterocycles. The molecule has 156 valence electrons. The van der Waals surface area contributed by atoms with Gasteiger partial charge in [0.15, 0.2) is 11.5 Å². The number of amides is 1. The second-order valence-electron chi connectivity index (χ2n) is 6.59. The topological polar surface area (TPSA) is 50.8 Å². The highest BCUT2D eigenvalue weighted by Gasteiger charge is 2.24. The van der Waals surface area contributed by atoms with E-state index in [1.54, 1.807) is 6.07 Å². The maximum Gasteiger partial charge on any atom is 0.263 e. The van der Waals surface area contributed by atoms with Crippen molar-refractivity contribution in [2.75, 3.05) is 33.9 Å². The Balaban J connectivity index is 2.16. The Morgan fingerprint density at radius 3 is 2.43 bits per heavy atom. The predicted octanol–water partition coefficient (Wildman–Crippen LogP) is 5.47. The lowest BCUT2D eigenvalue weighted by Crippen LogP contribution is -2.33. The molecular formula is C20H28Cl2N2O3S. The number of fused-ring (bicyclic) bond motifs is 1. The lowest BCUT2D eigenvalue weighted by molar-refractivity contribution is 0.0941. The van der Waals surface area contributed by atoms with Crippen LogP contribution in [0.25, 0.3) is 10.1 Å². The quantitative estimate of drug-likeness (QED) is 0.525. The summed E-state index contributed by atoms with van der Waals surface area (Å²) < 4.78 is 11.6. The zero-order valence-corrected chi connectivity index (χ0v) is 19.4. The highest BCUT2D eigenvalue weighted by Crippen LogP contribution is 2.48. The van der Waals surface area contributed by atoms with Gasteiger partial charge in [0.05, 0.1) is 29.7 Å². The van der Waals surface area contributed by atoms with Crippen LogP contribution in [-0.2, 0) is 0 Å². The second-order valence-corrected chi connectivity index (χ2v) is 8.42. The Morgan fingerprint density at radius 2 is 1.86 bits per heavy atom. The first-order valence-corrected chi connectivity index (χ1v) is 11.0. The minimum atomic E-state index is -0.182. The van der Waals surface area contributed by atoms with Gasteiger partial charge in [-0.15, -0.1) is 11.3 Å². The Morgan fingerprint density at radius 1 is 1.21 bits per heavy atom. The second kappa shape index (κ2) is 10.5. The average molecular weight is 447 g/mol. The number of methoxy groups -OCH3 is 2. The molecule has 2 rings (SSSR count). The van der Waals surface area contributed by atoms with E-state index >= 15 is 0 Å². The van der Waals surface area contributed by atoms with Crippen molar-refractivity contribution in [1.29, 1.82) is 0 Å². The normalized spacial score (nSPS) is 12.4. The molecule has 5 nitrogen and oxygen atoms in total. The smallest absolute Gasteiger partial charge is 0.263 e. The summed E-state index contributed by atoms with van der Waals surface area (Å²) in [5.41, 5.74) is 0. The molecule has 1 aromatic carbocycles. The van der Waals surface area contributed by atoms with Gasteiger partial charge in [0.1, 0.15) is 4.88 Å². The molecule has 0 aliphatic heterocycles. The fourth-order valence-corrected chi connectivity index (χ4v) is 5.02. The highest BCUT2D eigenvalue weighted by atomic mass is 35.5. The number of benzene rings is 1. The van der Waals surface area contributed by atoms with Crippen molar-refractivity contribution in [3.63, 3.8) is 0 Å². The first kappa shape index (κ1) is 23.1. The number of hydrogen-bond acceptors (Lipinski definition) is 5.